The molecule has 5 rings (SSSR count). The molecule has 0 bridgehead atoms. The first kappa shape index (κ1) is 19.2. The fourth-order valence-electron chi connectivity index (χ4n) is 4.50. The van der Waals surface area contributed by atoms with Gasteiger partial charge in [0.1, 0.15) is 11.4 Å². The van der Waals surface area contributed by atoms with Gasteiger partial charge < -0.3 is 15.2 Å². The van der Waals surface area contributed by atoms with Crippen LogP contribution in [0.25, 0.3) is 11.3 Å². The molecule has 7 heteroatoms. The van der Waals surface area contributed by atoms with E-state index in [0.29, 0.717) is 42.8 Å². The lowest BCUT2D eigenvalue weighted by atomic mass is 9.74. The Balaban J connectivity index is 1.23. The van der Waals surface area contributed by atoms with Gasteiger partial charge in [-0.25, -0.2) is 9.78 Å². The molecular weight excluding hydrogens is 394 g/mol. The van der Waals surface area contributed by atoms with Crippen LogP contribution in [0.1, 0.15) is 41.6 Å². The number of aromatic hydroxyl groups is 1. The summed E-state index contributed by atoms with van der Waals surface area (Å²) in [5.41, 5.74) is 2.32. The standard InChI is InChI=1S/C24H21N3O4/c28-17-5-3-4-16(12-17)20-13-26-21(14-25-20)27-22(29)15-8-10-24(11-9-15)19-7-2-1-6-18(19)23(30)31-24/h1-7,12-15,28H,8-11H2,(H,26,27,29). The average molecular weight is 415 g/mol. The molecule has 1 aliphatic carbocycles. The molecule has 2 aliphatic rings. The summed E-state index contributed by atoms with van der Waals surface area (Å²) in [5.74, 6) is -0.0220. The Morgan fingerprint density at radius 2 is 1.87 bits per heavy atom. The van der Waals surface area contributed by atoms with E-state index in [9.17, 15) is 14.7 Å². The van der Waals surface area contributed by atoms with Gasteiger partial charge in [-0.15, -0.1) is 0 Å². The zero-order valence-corrected chi connectivity index (χ0v) is 16.7. The minimum Gasteiger partial charge on any atom is -0.508 e. The molecule has 3 aromatic rings. The van der Waals surface area contributed by atoms with Crippen LogP contribution < -0.4 is 5.32 Å². The Labute approximate surface area is 179 Å². The number of rotatable bonds is 3. The van der Waals surface area contributed by atoms with Crippen molar-refractivity contribution in [3.05, 3.63) is 72.1 Å². The number of amides is 1. The number of carbonyl (C=O) groups excluding carboxylic acids is 2. The third-order valence-corrected chi connectivity index (χ3v) is 6.13. The number of ether oxygens (including phenoxy) is 1. The Morgan fingerprint density at radius 1 is 1.06 bits per heavy atom. The quantitative estimate of drug-likeness (QED) is 0.626. The molecule has 1 fully saturated rings. The Morgan fingerprint density at radius 3 is 2.61 bits per heavy atom. The molecule has 1 amide bonds. The summed E-state index contributed by atoms with van der Waals surface area (Å²) in [7, 11) is 0. The predicted molar refractivity (Wildman–Crippen MR) is 113 cm³/mol. The van der Waals surface area contributed by atoms with Crippen LogP contribution in [0, 0.1) is 5.92 Å². The van der Waals surface area contributed by atoms with Gasteiger partial charge in [0, 0.05) is 17.0 Å². The SMILES string of the molecule is O=C1OC2(CCC(C(=O)Nc3cnc(-c4cccc(O)c4)cn3)CC2)c2ccccc21. The van der Waals surface area contributed by atoms with Crippen LogP contribution in [-0.4, -0.2) is 27.0 Å². The highest BCUT2D eigenvalue weighted by atomic mass is 16.6. The van der Waals surface area contributed by atoms with Crippen molar-refractivity contribution in [1.82, 2.24) is 9.97 Å². The minimum atomic E-state index is -0.604. The van der Waals surface area contributed by atoms with Crippen molar-refractivity contribution in [2.75, 3.05) is 5.32 Å². The average Bonchev–Trinajstić information content (AvgIpc) is 3.06. The van der Waals surface area contributed by atoms with Gasteiger partial charge in [0.15, 0.2) is 5.82 Å². The number of hydrogen-bond donors (Lipinski definition) is 2. The van der Waals surface area contributed by atoms with Gasteiger partial charge in [0.05, 0.1) is 23.7 Å². The number of aromatic nitrogens is 2. The molecule has 0 saturated heterocycles. The Bertz CT molecular complexity index is 1150. The second kappa shape index (κ2) is 7.50. The lowest BCUT2D eigenvalue weighted by molar-refractivity contribution is -0.122. The molecule has 7 nitrogen and oxygen atoms in total. The van der Waals surface area contributed by atoms with Crippen molar-refractivity contribution in [2.24, 2.45) is 5.92 Å². The second-order valence-electron chi connectivity index (χ2n) is 8.03. The summed E-state index contributed by atoms with van der Waals surface area (Å²) >= 11 is 0. The maximum Gasteiger partial charge on any atom is 0.339 e. The number of anilines is 1. The zero-order valence-electron chi connectivity index (χ0n) is 16.7. The molecular formula is C24H21N3O4. The Hall–Kier alpha value is -3.74. The van der Waals surface area contributed by atoms with E-state index in [4.69, 9.17) is 4.74 Å². The van der Waals surface area contributed by atoms with Crippen LogP contribution in [0.4, 0.5) is 5.82 Å². The van der Waals surface area contributed by atoms with Crippen LogP contribution in [0.15, 0.2) is 60.9 Å². The van der Waals surface area contributed by atoms with E-state index in [1.807, 2.05) is 24.3 Å². The van der Waals surface area contributed by atoms with Crippen LogP contribution in [0.3, 0.4) is 0 Å². The third kappa shape index (κ3) is 3.52. The number of esters is 1. The van der Waals surface area contributed by atoms with Crippen molar-refractivity contribution < 1.29 is 19.4 Å². The molecule has 2 heterocycles. The number of nitrogens with one attached hydrogen (secondary N) is 1. The summed E-state index contributed by atoms with van der Waals surface area (Å²) in [6, 6.07) is 14.3. The summed E-state index contributed by atoms with van der Waals surface area (Å²) in [6.45, 7) is 0. The van der Waals surface area contributed by atoms with Gasteiger partial charge in [0.2, 0.25) is 5.91 Å². The third-order valence-electron chi connectivity index (χ3n) is 6.13. The van der Waals surface area contributed by atoms with Crippen molar-refractivity contribution >= 4 is 17.7 Å². The molecule has 2 N–H and O–H groups in total. The number of phenols is 1. The summed E-state index contributed by atoms with van der Waals surface area (Å²) in [4.78, 5) is 33.6. The maximum atomic E-state index is 12.8. The summed E-state index contributed by atoms with van der Waals surface area (Å²) < 4.78 is 5.76. The van der Waals surface area contributed by atoms with Gasteiger partial charge in [-0.1, -0.05) is 30.3 Å². The van der Waals surface area contributed by atoms with Gasteiger partial charge in [-0.3, -0.25) is 9.78 Å². The topological polar surface area (TPSA) is 101 Å². The highest BCUT2D eigenvalue weighted by Gasteiger charge is 2.48. The van der Waals surface area contributed by atoms with Crippen molar-refractivity contribution in [3.8, 4) is 17.0 Å². The normalized spacial score (nSPS) is 22.1. The summed E-state index contributed by atoms with van der Waals surface area (Å²) in [6.07, 6.45) is 5.57. The minimum absolute atomic E-state index is 0.105. The highest BCUT2D eigenvalue weighted by molar-refractivity contribution is 5.95. The number of phenolic OH excluding ortho intramolecular Hbond substituents is 1. The first-order valence-electron chi connectivity index (χ1n) is 10.3. The van der Waals surface area contributed by atoms with Gasteiger partial charge in [-0.05, 0) is 43.9 Å². The highest BCUT2D eigenvalue weighted by Crippen LogP contribution is 2.48. The predicted octanol–water partition coefficient (Wildman–Crippen LogP) is 4.04. The molecule has 0 radical (unpaired) electrons. The van der Waals surface area contributed by atoms with E-state index >= 15 is 0 Å². The molecule has 156 valence electrons. The van der Waals surface area contributed by atoms with Gasteiger partial charge in [0.25, 0.3) is 0 Å². The second-order valence-corrected chi connectivity index (χ2v) is 8.03. The van der Waals surface area contributed by atoms with Gasteiger partial charge >= 0.3 is 5.97 Å². The van der Waals surface area contributed by atoms with E-state index in [1.165, 1.54) is 6.20 Å². The van der Waals surface area contributed by atoms with Crippen LogP contribution in [0.2, 0.25) is 0 Å². The largest absolute Gasteiger partial charge is 0.508 e. The molecule has 0 unspecified atom stereocenters. The smallest absolute Gasteiger partial charge is 0.339 e. The fraction of sp³-hybridized carbons (Fsp3) is 0.250. The van der Waals surface area contributed by atoms with Crippen LogP contribution >= 0.6 is 0 Å². The first-order chi connectivity index (χ1) is 15.0. The lowest BCUT2D eigenvalue weighted by Crippen LogP contribution is -2.36. The number of benzene rings is 2. The number of hydrogen-bond acceptors (Lipinski definition) is 6. The molecule has 0 atom stereocenters. The fourth-order valence-corrected chi connectivity index (χ4v) is 4.50. The monoisotopic (exact) mass is 415 g/mol. The van der Waals surface area contributed by atoms with E-state index in [-0.39, 0.29) is 23.5 Å². The van der Waals surface area contributed by atoms with Crippen molar-refractivity contribution in [2.45, 2.75) is 31.3 Å². The number of nitrogens with zero attached hydrogens (tertiary/aromatic N) is 2. The van der Waals surface area contributed by atoms with E-state index in [1.54, 1.807) is 30.5 Å². The first-order valence-corrected chi connectivity index (χ1v) is 10.3. The van der Waals surface area contributed by atoms with Crippen molar-refractivity contribution in [3.63, 3.8) is 0 Å². The van der Waals surface area contributed by atoms with E-state index in [0.717, 1.165) is 11.1 Å². The maximum absolute atomic E-state index is 12.8. The zero-order chi connectivity index (χ0) is 21.4. The molecule has 1 aromatic heterocycles. The molecule has 1 aliphatic heterocycles. The van der Waals surface area contributed by atoms with Crippen LogP contribution in [0.5, 0.6) is 5.75 Å². The molecule has 2 aromatic carbocycles. The molecule has 1 saturated carbocycles. The summed E-state index contributed by atoms with van der Waals surface area (Å²) in [5, 5.41) is 12.4. The lowest BCUT2D eigenvalue weighted by Gasteiger charge is -2.35. The van der Waals surface area contributed by atoms with Gasteiger partial charge in [-0.2, -0.15) is 0 Å². The van der Waals surface area contributed by atoms with Crippen LogP contribution in [-0.2, 0) is 15.1 Å². The molecule has 1 spiro atoms. The van der Waals surface area contributed by atoms with Crippen molar-refractivity contribution in [1.29, 1.82) is 0 Å². The van der Waals surface area contributed by atoms with E-state index < -0.39 is 5.60 Å². The number of carbonyl (C=O) groups is 2. The molecule has 31 heavy (non-hydrogen) atoms. The number of fused-ring (bicyclic) bond motifs is 2. The Kier molecular flexibility index (Phi) is 4.66. The van der Waals surface area contributed by atoms with E-state index in [2.05, 4.69) is 15.3 Å².